The van der Waals surface area contributed by atoms with Crippen molar-refractivity contribution in [3.05, 3.63) is 45.7 Å². The third kappa shape index (κ3) is 2.20. The lowest BCUT2D eigenvalue weighted by Gasteiger charge is -2.01. The van der Waals surface area contributed by atoms with Crippen LogP contribution in [0.5, 0.6) is 0 Å². The molecule has 0 saturated carbocycles. The first-order valence-corrected chi connectivity index (χ1v) is 5.55. The average Bonchev–Trinajstić information content (AvgIpc) is 2.58. The van der Waals surface area contributed by atoms with Gasteiger partial charge in [-0.15, -0.1) is 0 Å². The summed E-state index contributed by atoms with van der Waals surface area (Å²) < 4.78 is 1.30. The normalized spacial score (nSPS) is 10.6. The molecule has 18 heavy (non-hydrogen) atoms. The summed E-state index contributed by atoms with van der Waals surface area (Å²) in [5, 5.41) is 11.7. The van der Waals surface area contributed by atoms with Crippen LogP contribution in [0.3, 0.4) is 0 Å². The van der Waals surface area contributed by atoms with Crippen molar-refractivity contribution in [3.63, 3.8) is 0 Å². The van der Waals surface area contributed by atoms with E-state index >= 15 is 0 Å². The fourth-order valence-corrected chi connectivity index (χ4v) is 1.87. The number of nitrogens with zero attached hydrogens (tertiary/aromatic N) is 1. The first-order valence-electron chi connectivity index (χ1n) is 5.55. The van der Waals surface area contributed by atoms with E-state index in [4.69, 9.17) is 5.11 Å². The van der Waals surface area contributed by atoms with Crippen molar-refractivity contribution < 1.29 is 9.90 Å². The fraction of sp³-hybridized carbons (Fsp3) is 0.231. The average molecular weight is 246 g/mol. The third-order valence-corrected chi connectivity index (χ3v) is 2.81. The SMILES string of the molecule is Cc1ccc(-c2[nH]n(C)c(=O)c2CC(=O)O)cc1. The highest BCUT2D eigenvalue weighted by Crippen LogP contribution is 2.20. The molecule has 0 saturated heterocycles. The van der Waals surface area contributed by atoms with Crippen molar-refractivity contribution in [3.8, 4) is 11.3 Å². The number of aromatic amines is 1. The summed E-state index contributed by atoms with van der Waals surface area (Å²) in [4.78, 5) is 22.6. The zero-order valence-corrected chi connectivity index (χ0v) is 10.2. The quantitative estimate of drug-likeness (QED) is 0.857. The molecule has 0 amide bonds. The molecule has 5 nitrogen and oxygen atoms in total. The number of aryl methyl sites for hydroxylation is 2. The second kappa shape index (κ2) is 4.52. The summed E-state index contributed by atoms with van der Waals surface area (Å²) in [5.74, 6) is -1.01. The highest BCUT2D eigenvalue weighted by atomic mass is 16.4. The summed E-state index contributed by atoms with van der Waals surface area (Å²) in [7, 11) is 1.57. The number of carboxylic acid groups (broad SMARTS) is 1. The molecule has 1 heterocycles. The number of aliphatic carboxylic acids is 1. The first-order chi connectivity index (χ1) is 8.49. The van der Waals surface area contributed by atoms with Gasteiger partial charge in [0.25, 0.3) is 5.56 Å². The molecule has 0 atom stereocenters. The Morgan fingerprint density at radius 2 is 1.94 bits per heavy atom. The van der Waals surface area contributed by atoms with Crippen LogP contribution in [0.2, 0.25) is 0 Å². The number of carboxylic acids is 1. The molecule has 0 spiro atoms. The van der Waals surface area contributed by atoms with E-state index in [0.29, 0.717) is 5.69 Å². The molecule has 0 aliphatic carbocycles. The van der Waals surface area contributed by atoms with Gasteiger partial charge in [0.05, 0.1) is 17.7 Å². The van der Waals surface area contributed by atoms with Crippen LogP contribution in [0, 0.1) is 6.92 Å². The molecule has 1 aromatic heterocycles. The number of nitrogens with one attached hydrogen (secondary N) is 1. The number of rotatable bonds is 3. The zero-order valence-electron chi connectivity index (χ0n) is 10.2. The van der Waals surface area contributed by atoms with E-state index in [1.54, 1.807) is 7.05 Å². The van der Waals surface area contributed by atoms with Gasteiger partial charge in [0, 0.05) is 7.05 Å². The van der Waals surface area contributed by atoms with Crippen molar-refractivity contribution in [2.75, 3.05) is 0 Å². The van der Waals surface area contributed by atoms with E-state index in [9.17, 15) is 9.59 Å². The highest BCUT2D eigenvalue weighted by molar-refractivity contribution is 5.74. The lowest BCUT2D eigenvalue weighted by atomic mass is 10.0. The van der Waals surface area contributed by atoms with Gasteiger partial charge < -0.3 is 5.11 Å². The Hall–Kier alpha value is -2.30. The van der Waals surface area contributed by atoms with Gasteiger partial charge in [-0.05, 0) is 12.5 Å². The minimum absolute atomic E-state index is 0.278. The molecule has 1 aromatic carbocycles. The molecule has 5 heteroatoms. The lowest BCUT2D eigenvalue weighted by Crippen LogP contribution is -2.17. The Kier molecular flexibility index (Phi) is 3.06. The van der Waals surface area contributed by atoms with Gasteiger partial charge in [0.15, 0.2) is 0 Å². The first kappa shape index (κ1) is 12.2. The van der Waals surface area contributed by atoms with Crippen LogP contribution in [0.4, 0.5) is 0 Å². The van der Waals surface area contributed by atoms with Crippen LogP contribution in [0.25, 0.3) is 11.3 Å². The predicted molar refractivity (Wildman–Crippen MR) is 67.5 cm³/mol. The maximum absolute atomic E-state index is 11.8. The van der Waals surface area contributed by atoms with Crippen molar-refractivity contribution in [1.82, 2.24) is 9.78 Å². The molecule has 0 radical (unpaired) electrons. The topological polar surface area (TPSA) is 75.1 Å². The molecule has 0 unspecified atom stereocenters. The second-order valence-corrected chi connectivity index (χ2v) is 4.27. The predicted octanol–water partition coefficient (Wildman–Crippen LogP) is 1.32. The van der Waals surface area contributed by atoms with Gasteiger partial charge in [-0.1, -0.05) is 29.8 Å². The largest absolute Gasteiger partial charge is 0.481 e. The van der Waals surface area contributed by atoms with E-state index in [0.717, 1.165) is 11.1 Å². The maximum Gasteiger partial charge on any atom is 0.308 e. The van der Waals surface area contributed by atoms with Crippen molar-refractivity contribution in [2.24, 2.45) is 7.05 Å². The van der Waals surface area contributed by atoms with Gasteiger partial charge in [-0.2, -0.15) is 0 Å². The van der Waals surface area contributed by atoms with Crippen LogP contribution in [-0.2, 0) is 18.3 Å². The monoisotopic (exact) mass is 246 g/mol. The molecule has 94 valence electrons. The van der Waals surface area contributed by atoms with Crippen LogP contribution >= 0.6 is 0 Å². The molecule has 2 rings (SSSR count). The Balaban J connectivity index is 2.56. The summed E-state index contributed by atoms with van der Waals surface area (Å²) >= 11 is 0. The third-order valence-electron chi connectivity index (χ3n) is 2.81. The van der Waals surface area contributed by atoms with Crippen LogP contribution < -0.4 is 5.56 Å². The highest BCUT2D eigenvalue weighted by Gasteiger charge is 2.16. The second-order valence-electron chi connectivity index (χ2n) is 4.27. The molecule has 0 fully saturated rings. The Labute approximate surface area is 104 Å². The summed E-state index contributed by atoms with van der Waals surface area (Å²) in [5.41, 5.74) is 2.48. The van der Waals surface area contributed by atoms with E-state index in [1.807, 2.05) is 31.2 Å². The number of carbonyl (C=O) groups is 1. The molecule has 2 N–H and O–H groups in total. The van der Waals surface area contributed by atoms with Crippen LogP contribution in [0.1, 0.15) is 11.1 Å². The van der Waals surface area contributed by atoms with Gasteiger partial charge in [-0.25, -0.2) is 0 Å². The Morgan fingerprint density at radius 1 is 1.33 bits per heavy atom. The minimum Gasteiger partial charge on any atom is -0.481 e. The molecular formula is C13H14N2O3. The van der Waals surface area contributed by atoms with Gasteiger partial charge in [0.2, 0.25) is 0 Å². The standard InChI is InChI=1S/C13H14N2O3/c1-8-3-5-9(6-4-8)12-10(7-11(16)17)13(18)15(2)14-12/h3-6,14H,7H2,1-2H3,(H,16,17). The zero-order chi connectivity index (χ0) is 13.3. The lowest BCUT2D eigenvalue weighted by molar-refractivity contribution is -0.136. The number of benzene rings is 1. The number of H-pyrrole nitrogens is 1. The van der Waals surface area contributed by atoms with Gasteiger partial charge in [0.1, 0.15) is 0 Å². The smallest absolute Gasteiger partial charge is 0.308 e. The summed E-state index contributed by atoms with van der Waals surface area (Å²) in [6.07, 6.45) is -0.278. The Bertz CT molecular complexity index is 635. The van der Waals surface area contributed by atoms with E-state index in [1.165, 1.54) is 4.68 Å². The Morgan fingerprint density at radius 3 is 2.50 bits per heavy atom. The van der Waals surface area contributed by atoms with Crippen molar-refractivity contribution in [2.45, 2.75) is 13.3 Å². The molecule has 0 bridgehead atoms. The minimum atomic E-state index is -1.01. The number of hydrogen-bond donors (Lipinski definition) is 2. The van der Waals surface area contributed by atoms with E-state index in [2.05, 4.69) is 5.10 Å². The van der Waals surface area contributed by atoms with Crippen molar-refractivity contribution in [1.29, 1.82) is 0 Å². The van der Waals surface area contributed by atoms with E-state index < -0.39 is 5.97 Å². The van der Waals surface area contributed by atoms with Gasteiger partial charge in [-0.3, -0.25) is 19.4 Å². The van der Waals surface area contributed by atoms with Gasteiger partial charge >= 0.3 is 5.97 Å². The molecule has 2 aromatic rings. The molecule has 0 aliphatic rings. The fourth-order valence-electron chi connectivity index (χ4n) is 1.87. The van der Waals surface area contributed by atoms with Crippen LogP contribution in [0.15, 0.2) is 29.1 Å². The summed E-state index contributed by atoms with van der Waals surface area (Å²) in [6.45, 7) is 1.97. The van der Waals surface area contributed by atoms with Crippen LogP contribution in [-0.4, -0.2) is 20.9 Å². The number of hydrogen-bond acceptors (Lipinski definition) is 2. The van der Waals surface area contributed by atoms with E-state index in [-0.39, 0.29) is 17.5 Å². The summed E-state index contributed by atoms with van der Waals surface area (Å²) in [6, 6.07) is 7.58. The maximum atomic E-state index is 11.8. The van der Waals surface area contributed by atoms with Crippen molar-refractivity contribution >= 4 is 5.97 Å². The number of aromatic nitrogens is 2. The molecule has 0 aliphatic heterocycles. The molecular weight excluding hydrogens is 232 g/mol.